The predicted octanol–water partition coefficient (Wildman–Crippen LogP) is 3.89. The quantitative estimate of drug-likeness (QED) is 0.712. The van der Waals surface area contributed by atoms with Crippen molar-refractivity contribution in [1.29, 1.82) is 0 Å². The summed E-state index contributed by atoms with van der Waals surface area (Å²) in [6, 6.07) is 0. The van der Waals surface area contributed by atoms with E-state index in [4.69, 9.17) is 4.74 Å². The van der Waals surface area contributed by atoms with Gasteiger partial charge in [-0.15, -0.1) is 0 Å². The summed E-state index contributed by atoms with van der Waals surface area (Å²) in [7, 11) is 0. The van der Waals surface area contributed by atoms with E-state index in [1.807, 2.05) is 0 Å². The average molecular weight is 241 g/mol. The van der Waals surface area contributed by atoms with Gasteiger partial charge >= 0.3 is 0 Å². The first-order valence-electron chi connectivity index (χ1n) is 7.44. The van der Waals surface area contributed by atoms with Crippen molar-refractivity contribution in [3.8, 4) is 0 Å². The molecular weight excluding hydrogens is 210 g/mol. The third-order valence-electron chi connectivity index (χ3n) is 3.98. The van der Waals surface area contributed by atoms with Crippen LogP contribution in [0, 0.1) is 0 Å². The van der Waals surface area contributed by atoms with Gasteiger partial charge in [0, 0.05) is 12.1 Å². The van der Waals surface area contributed by atoms with E-state index in [-0.39, 0.29) is 5.54 Å². The Morgan fingerprint density at radius 1 is 1.18 bits per heavy atom. The lowest BCUT2D eigenvalue weighted by atomic mass is 10.0. The van der Waals surface area contributed by atoms with Gasteiger partial charge in [-0.2, -0.15) is 0 Å². The van der Waals surface area contributed by atoms with Crippen molar-refractivity contribution in [2.75, 3.05) is 6.54 Å². The van der Waals surface area contributed by atoms with Gasteiger partial charge in [-0.25, -0.2) is 0 Å². The number of nitrogens with one attached hydrogen (secondary N) is 1. The number of hydrogen-bond acceptors (Lipinski definition) is 2. The van der Waals surface area contributed by atoms with Crippen molar-refractivity contribution in [2.24, 2.45) is 0 Å². The van der Waals surface area contributed by atoms with Gasteiger partial charge in [0.15, 0.2) is 0 Å². The standard InChI is InChI=1S/C15H31NO/c1-5-15(3,4)16-12-13(2)17-14-10-8-6-7-9-11-14/h13-14,16H,5-12H2,1-4H3. The molecule has 0 aromatic carbocycles. The number of ether oxygens (including phenoxy) is 1. The normalized spacial score (nSPS) is 21.2. The third kappa shape index (κ3) is 6.42. The smallest absolute Gasteiger partial charge is 0.0675 e. The lowest BCUT2D eigenvalue weighted by Gasteiger charge is -2.28. The van der Waals surface area contributed by atoms with Crippen molar-refractivity contribution < 1.29 is 4.74 Å². The zero-order valence-electron chi connectivity index (χ0n) is 12.2. The molecule has 1 unspecified atom stereocenters. The Balaban J connectivity index is 2.21. The molecule has 0 spiro atoms. The van der Waals surface area contributed by atoms with Gasteiger partial charge in [-0.1, -0.05) is 32.6 Å². The molecule has 1 atom stereocenters. The molecule has 0 aliphatic heterocycles. The molecular formula is C15H31NO. The lowest BCUT2D eigenvalue weighted by Crippen LogP contribution is -2.43. The fourth-order valence-electron chi connectivity index (χ4n) is 2.30. The molecule has 0 aromatic heterocycles. The molecule has 0 amide bonds. The molecule has 17 heavy (non-hydrogen) atoms. The van der Waals surface area contributed by atoms with Crippen LogP contribution in [0.25, 0.3) is 0 Å². The lowest BCUT2D eigenvalue weighted by molar-refractivity contribution is -0.0116. The second-order valence-corrected chi connectivity index (χ2v) is 6.18. The zero-order chi connectivity index (χ0) is 12.7. The van der Waals surface area contributed by atoms with E-state index in [9.17, 15) is 0 Å². The first-order chi connectivity index (χ1) is 8.03. The Bertz CT molecular complexity index is 195. The second-order valence-electron chi connectivity index (χ2n) is 6.18. The van der Waals surface area contributed by atoms with Crippen LogP contribution in [0.1, 0.15) is 72.6 Å². The summed E-state index contributed by atoms with van der Waals surface area (Å²) >= 11 is 0. The molecule has 0 aromatic rings. The summed E-state index contributed by atoms with van der Waals surface area (Å²) in [4.78, 5) is 0. The molecule has 0 radical (unpaired) electrons. The van der Waals surface area contributed by atoms with Gasteiger partial charge in [-0.3, -0.25) is 0 Å². The molecule has 1 aliphatic rings. The molecule has 1 fully saturated rings. The van der Waals surface area contributed by atoms with Crippen LogP contribution in [-0.2, 0) is 4.74 Å². The summed E-state index contributed by atoms with van der Waals surface area (Å²) in [6.07, 6.45) is 10.0. The minimum atomic E-state index is 0.237. The molecule has 0 heterocycles. The molecule has 2 nitrogen and oxygen atoms in total. The zero-order valence-corrected chi connectivity index (χ0v) is 12.2. The monoisotopic (exact) mass is 241 g/mol. The van der Waals surface area contributed by atoms with Crippen molar-refractivity contribution in [3.05, 3.63) is 0 Å². The van der Waals surface area contributed by atoms with Crippen LogP contribution in [0.3, 0.4) is 0 Å². The van der Waals surface area contributed by atoms with E-state index < -0.39 is 0 Å². The highest BCUT2D eigenvalue weighted by atomic mass is 16.5. The van der Waals surface area contributed by atoms with Gasteiger partial charge in [0.25, 0.3) is 0 Å². The topological polar surface area (TPSA) is 21.3 Å². The van der Waals surface area contributed by atoms with Crippen molar-refractivity contribution >= 4 is 0 Å². The highest BCUT2D eigenvalue weighted by Gasteiger charge is 2.18. The highest BCUT2D eigenvalue weighted by Crippen LogP contribution is 2.21. The predicted molar refractivity (Wildman–Crippen MR) is 74.4 cm³/mol. The number of rotatable bonds is 6. The molecule has 1 saturated carbocycles. The molecule has 0 bridgehead atoms. The van der Waals surface area contributed by atoms with Crippen molar-refractivity contribution in [3.63, 3.8) is 0 Å². The molecule has 1 aliphatic carbocycles. The van der Waals surface area contributed by atoms with Crippen LogP contribution >= 0.6 is 0 Å². The van der Waals surface area contributed by atoms with Crippen LogP contribution in [0.2, 0.25) is 0 Å². The molecule has 1 rings (SSSR count). The van der Waals surface area contributed by atoms with Gasteiger partial charge in [-0.05, 0) is 40.0 Å². The van der Waals surface area contributed by atoms with Crippen LogP contribution in [0.5, 0.6) is 0 Å². The molecule has 1 N–H and O–H groups in total. The van der Waals surface area contributed by atoms with E-state index >= 15 is 0 Å². The first kappa shape index (κ1) is 15.0. The largest absolute Gasteiger partial charge is 0.374 e. The first-order valence-corrected chi connectivity index (χ1v) is 7.44. The summed E-state index contributed by atoms with van der Waals surface area (Å²) in [5.74, 6) is 0. The van der Waals surface area contributed by atoms with Crippen LogP contribution in [0.15, 0.2) is 0 Å². The van der Waals surface area contributed by atoms with Crippen molar-refractivity contribution in [1.82, 2.24) is 5.32 Å². The van der Waals surface area contributed by atoms with E-state index in [0.717, 1.165) is 13.0 Å². The highest BCUT2D eigenvalue weighted by molar-refractivity contribution is 4.77. The maximum absolute atomic E-state index is 6.15. The van der Waals surface area contributed by atoms with Crippen LogP contribution < -0.4 is 5.32 Å². The maximum Gasteiger partial charge on any atom is 0.0675 e. The Morgan fingerprint density at radius 2 is 1.76 bits per heavy atom. The fourth-order valence-corrected chi connectivity index (χ4v) is 2.30. The van der Waals surface area contributed by atoms with E-state index in [0.29, 0.717) is 12.2 Å². The van der Waals surface area contributed by atoms with Gasteiger partial charge in [0.05, 0.1) is 12.2 Å². The van der Waals surface area contributed by atoms with Crippen LogP contribution in [0.4, 0.5) is 0 Å². The van der Waals surface area contributed by atoms with Crippen LogP contribution in [-0.4, -0.2) is 24.3 Å². The Kier molecular flexibility index (Phi) is 6.50. The summed E-state index contributed by atoms with van der Waals surface area (Å²) in [6.45, 7) is 9.90. The summed E-state index contributed by atoms with van der Waals surface area (Å²) in [5.41, 5.74) is 0.237. The summed E-state index contributed by atoms with van der Waals surface area (Å²) in [5, 5.41) is 3.59. The third-order valence-corrected chi connectivity index (χ3v) is 3.98. The van der Waals surface area contributed by atoms with Gasteiger partial charge < -0.3 is 10.1 Å². The SMILES string of the molecule is CCC(C)(C)NCC(C)OC1CCCCCC1. The van der Waals surface area contributed by atoms with E-state index in [1.165, 1.54) is 38.5 Å². The number of hydrogen-bond donors (Lipinski definition) is 1. The molecule has 0 saturated heterocycles. The summed E-state index contributed by atoms with van der Waals surface area (Å²) < 4.78 is 6.15. The minimum absolute atomic E-state index is 0.237. The Labute approximate surface area is 108 Å². The fraction of sp³-hybridized carbons (Fsp3) is 1.00. The average Bonchev–Trinajstić information content (AvgIpc) is 2.55. The molecule has 2 heteroatoms. The molecule has 102 valence electrons. The maximum atomic E-state index is 6.15. The van der Waals surface area contributed by atoms with E-state index in [1.54, 1.807) is 0 Å². The Morgan fingerprint density at radius 3 is 2.29 bits per heavy atom. The van der Waals surface area contributed by atoms with E-state index in [2.05, 4.69) is 33.0 Å². The van der Waals surface area contributed by atoms with Crippen molar-refractivity contribution in [2.45, 2.75) is 90.4 Å². The van der Waals surface area contributed by atoms with Gasteiger partial charge in [0.1, 0.15) is 0 Å². The second kappa shape index (κ2) is 7.38. The Hall–Kier alpha value is -0.0800. The van der Waals surface area contributed by atoms with Gasteiger partial charge in [0.2, 0.25) is 0 Å². The minimum Gasteiger partial charge on any atom is -0.374 e.